The van der Waals surface area contributed by atoms with Crippen molar-refractivity contribution in [2.24, 2.45) is 7.05 Å². The maximum Gasteiger partial charge on any atom is 0.261 e. The SMILES string of the molecule is COc1ccc(OCC(=O)N2CCCCC2c2nn(C)cc2-c2cc(C)no2)cc1. The number of nitrogens with zero attached hydrogens (tertiary/aromatic N) is 4. The zero-order valence-corrected chi connectivity index (χ0v) is 17.5. The number of aryl methyl sites for hydroxylation is 2. The molecular formula is C22H26N4O4. The van der Waals surface area contributed by atoms with Crippen molar-refractivity contribution in [1.82, 2.24) is 19.8 Å². The van der Waals surface area contributed by atoms with Crippen molar-refractivity contribution in [3.05, 3.63) is 47.9 Å². The van der Waals surface area contributed by atoms with Crippen molar-refractivity contribution in [1.29, 1.82) is 0 Å². The highest BCUT2D eigenvalue weighted by Crippen LogP contribution is 2.36. The predicted octanol–water partition coefficient (Wildman–Crippen LogP) is 3.52. The summed E-state index contributed by atoms with van der Waals surface area (Å²) in [5.41, 5.74) is 2.52. The molecule has 1 aliphatic rings. The number of piperidine rings is 1. The van der Waals surface area contributed by atoms with E-state index in [0.29, 0.717) is 18.1 Å². The second kappa shape index (κ2) is 8.61. The summed E-state index contributed by atoms with van der Waals surface area (Å²) < 4.78 is 18.1. The van der Waals surface area contributed by atoms with Crippen molar-refractivity contribution >= 4 is 5.91 Å². The summed E-state index contributed by atoms with van der Waals surface area (Å²) >= 11 is 0. The molecule has 8 nitrogen and oxygen atoms in total. The lowest BCUT2D eigenvalue weighted by molar-refractivity contribution is -0.137. The predicted molar refractivity (Wildman–Crippen MR) is 110 cm³/mol. The van der Waals surface area contributed by atoms with E-state index in [4.69, 9.17) is 14.0 Å². The first-order valence-corrected chi connectivity index (χ1v) is 10.1. The van der Waals surface area contributed by atoms with E-state index in [1.54, 1.807) is 23.9 Å². The molecule has 1 fully saturated rings. The number of amides is 1. The fourth-order valence-corrected chi connectivity index (χ4v) is 3.85. The second-order valence-corrected chi connectivity index (χ2v) is 7.50. The van der Waals surface area contributed by atoms with Crippen molar-refractivity contribution in [2.45, 2.75) is 32.2 Å². The zero-order valence-electron chi connectivity index (χ0n) is 17.5. The van der Waals surface area contributed by atoms with Crippen LogP contribution in [0.1, 0.15) is 36.7 Å². The van der Waals surface area contributed by atoms with E-state index in [-0.39, 0.29) is 18.6 Å². The molecular weight excluding hydrogens is 384 g/mol. The molecule has 2 aromatic heterocycles. The van der Waals surface area contributed by atoms with E-state index < -0.39 is 0 Å². The summed E-state index contributed by atoms with van der Waals surface area (Å²) in [6.45, 7) is 2.54. The van der Waals surface area contributed by atoms with E-state index in [1.165, 1.54) is 0 Å². The number of benzene rings is 1. The molecule has 1 amide bonds. The molecule has 3 aromatic rings. The number of hydrogen-bond acceptors (Lipinski definition) is 6. The Bertz CT molecular complexity index is 1010. The lowest BCUT2D eigenvalue weighted by Gasteiger charge is -2.35. The van der Waals surface area contributed by atoms with Crippen LogP contribution in [-0.4, -0.2) is 46.0 Å². The standard InChI is InChI=1S/C22H26N4O4/c1-15-12-20(30-24-15)18-13-25(2)23-22(18)19-6-4-5-11-26(19)21(27)14-29-17-9-7-16(28-3)8-10-17/h7-10,12-13,19H,4-6,11,14H2,1-3H3. The van der Waals surface area contributed by atoms with E-state index in [9.17, 15) is 4.79 Å². The molecule has 0 radical (unpaired) electrons. The lowest BCUT2D eigenvalue weighted by Crippen LogP contribution is -2.41. The van der Waals surface area contributed by atoms with Gasteiger partial charge in [0.1, 0.15) is 11.5 Å². The van der Waals surface area contributed by atoms with Gasteiger partial charge < -0.3 is 18.9 Å². The average Bonchev–Trinajstić information content (AvgIpc) is 3.37. The lowest BCUT2D eigenvalue weighted by atomic mass is 9.96. The first kappa shape index (κ1) is 20.0. The van der Waals surface area contributed by atoms with Gasteiger partial charge >= 0.3 is 0 Å². The molecule has 0 spiro atoms. The molecule has 1 atom stereocenters. The number of hydrogen-bond donors (Lipinski definition) is 0. The summed E-state index contributed by atoms with van der Waals surface area (Å²) in [7, 11) is 3.49. The quantitative estimate of drug-likeness (QED) is 0.618. The van der Waals surface area contributed by atoms with Gasteiger partial charge in [-0.3, -0.25) is 9.48 Å². The van der Waals surface area contributed by atoms with E-state index in [0.717, 1.165) is 42.0 Å². The Kier molecular flexibility index (Phi) is 5.74. The number of ether oxygens (including phenoxy) is 2. The van der Waals surface area contributed by atoms with Crippen molar-refractivity contribution in [3.8, 4) is 22.8 Å². The third kappa shape index (κ3) is 4.17. The Hall–Kier alpha value is -3.29. The Labute approximate surface area is 175 Å². The highest BCUT2D eigenvalue weighted by molar-refractivity contribution is 5.79. The Balaban J connectivity index is 1.52. The molecule has 30 heavy (non-hydrogen) atoms. The van der Waals surface area contributed by atoms with Crippen LogP contribution in [-0.2, 0) is 11.8 Å². The minimum absolute atomic E-state index is 0.0214. The van der Waals surface area contributed by atoms with Gasteiger partial charge in [0.15, 0.2) is 12.4 Å². The second-order valence-electron chi connectivity index (χ2n) is 7.50. The van der Waals surface area contributed by atoms with Gasteiger partial charge in [-0.25, -0.2) is 0 Å². The molecule has 8 heteroatoms. The molecule has 1 unspecified atom stereocenters. The molecule has 1 aromatic carbocycles. The Morgan fingerprint density at radius 3 is 2.70 bits per heavy atom. The van der Waals surface area contributed by atoms with Crippen molar-refractivity contribution in [2.75, 3.05) is 20.3 Å². The Morgan fingerprint density at radius 1 is 1.23 bits per heavy atom. The number of methoxy groups -OCH3 is 1. The van der Waals surface area contributed by atoms with Gasteiger partial charge in [0.25, 0.3) is 5.91 Å². The van der Waals surface area contributed by atoms with Crippen LogP contribution < -0.4 is 9.47 Å². The van der Waals surface area contributed by atoms with Gasteiger partial charge in [-0.2, -0.15) is 5.10 Å². The molecule has 158 valence electrons. The molecule has 4 rings (SSSR count). The third-order valence-electron chi connectivity index (χ3n) is 5.31. The van der Waals surface area contributed by atoms with Crippen LogP contribution in [0.15, 0.2) is 41.1 Å². The van der Waals surface area contributed by atoms with Crippen LogP contribution in [0.4, 0.5) is 0 Å². The smallest absolute Gasteiger partial charge is 0.261 e. The number of carbonyl (C=O) groups excluding carboxylic acids is 1. The summed E-state index contributed by atoms with van der Waals surface area (Å²) in [6.07, 6.45) is 4.78. The largest absolute Gasteiger partial charge is 0.497 e. The molecule has 0 saturated carbocycles. The van der Waals surface area contributed by atoms with Crippen molar-refractivity contribution in [3.63, 3.8) is 0 Å². The minimum Gasteiger partial charge on any atom is -0.497 e. The van der Waals surface area contributed by atoms with Crippen LogP contribution in [0.2, 0.25) is 0 Å². The molecule has 0 aliphatic carbocycles. The molecule has 3 heterocycles. The normalized spacial score (nSPS) is 16.5. The highest BCUT2D eigenvalue weighted by Gasteiger charge is 2.32. The van der Waals surface area contributed by atoms with Gasteiger partial charge in [-0.15, -0.1) is 0 Å². The van der Waals surface area contributed by atoms with E-state index in [2.05, 4.69) is 10.3 Å². The first-order chi connectivity index (χ1) is 14.5. The van der Waals surface area contributed by atoms with Crippen LogP contribution in [0, 0.1) is 6.92 Å². The number of rotatable bonds is 6. The maximum absolute atomic E-state index is 13.0. The molecule has 0 bridgehead atoms. The van der Waals surface area contributed by atoms with Crippen LogP contribution in [0.5, 0.6) is 11.5 Å². The van der Waals surface area contributed by atoms with Gasteiger partial charge in [0.2, 0.25) is 0 Å². The number of carbonyl (C=O) groups is 1. The number of likely N-dealkylation sites (tertiary alicyclic amines) is 1. The van der Waals surface area contributed by atoms with Gasteiger partial charge in [0, 0.05) is 25.9 Å². The summed E-state index contributed by atoms with van der Waals surface area (Å²) in [5.74, 6) is 1.99. The topological polar surface area (TPSA) is 82.6 Å². The number of aromatic nitrogens is 3. The van der Waals surface area contributed by atoms with Gasteiger partial charge in [-0.1, -0.05) is 5.16 Å². The summed E-state index contributed by atoms with van der Waals surface area (Å²) in [4.78, 5) is 14.9. The van der Waals surface area contributed by atoms with Gasteiger partial charge in [0.05, 0.1) is 30.1 Å². The third-order valence-corrected chi connectivity index (χ3v) is 5.31. The first-order valence-electron chi connectivity index (χ1n) is 10.1. The van der Waals surface area contributed by atoms with E-state index in [1.807, 2.05) is 43.3 Å². The fraction of sp³-hybridized carbons (Fsp3) is 0.409. The molecule has 1 aliphatic heterocycles. The van der Waals surface area contributed by atoms with Crippen LogP contribution in [0.3, 0.4) is 0 Å². The Morgan fingerprint density at radius 2 is 2.00 bits per heavy atom. The van der Waals surface area contributed by atoms with Crippen molar-refractivity contribution < 1.29 is 18.8 Å². The van der Waals surface area contributed by atoms with Gasteiger partial charge in [-0.05, 0) is 50.5 Å². The zero-order chi connectivity index (χ0) is 21.1. The average molecular weight is 410 g/mol. The highest BCUT2D eigenvalue weighted by atomic mass is 16.5. The van der Waals surface area contributed by atoms with Crippen LogP contribution >= 0.6 is 0 Å². The summed E-state index contributed by atoms with van der Waals surface area (Å²) in [5, 5.41) is 8.67. The summed E-state index contributed by atoms with van der Waals surface area (Å²) in [6, 6.07) is 8.98. The van der Waals surface area contributed by atoms with Crippen LogP contribution in [0.25, 0.3) is 11.3 Å². The molecule has 0 N–H and O–H groups in total. The maximum atomic E-state index is 13.0. The fourth-order valence-electron chi connectivity index (χ4n) is 3.85. The minimum atomic E-state index is -0.118. The van der Waals surface area contributed by atoms with E-state index >= 15 is 0 Å². The monoisotopic (exact) mass is 410 g/mol. The molecule has 1 saturated heterocycles.